The first-order valence-corrected chi connectivity index (χ1v) is 10.6. The summed E-state index contributed by atoms with van der Waals surface area (Å²) in [5, 5.41) is 0. The van der Waals surface area contributed by atoms with E-state index in [0.29, 0.717) is 0 Å². The monoisotopic (exact) mass is 460 g/mol. The molecular formula is C16H20ISb. The molecule has 0 atom stereocenters. The van der Waals surface area contributed by atoms with Gasteiger partial charge < -0.3 is 0 Å². The third kappa shape index (κ3) is 4.59. The van der Waals surface area contributed by atoms with Crippen molar-refractivity contribution < 1.29 is 0 Å². The predicted molar refractivity (Wildman–Crippen MR) is 93.0 cm³/mol. The summed E-state index contributed by atoms with van der Waals surface area (Å²) in [7, 11) is 0. The number of rotatable bonds is 5. The van der Waals surface area contributed by atoms with E-state index in [1.807, 2.05) is 0 Å². The van der Waals surface area contributed by atoms with Gasteiger partial charge in [-0.25, -0.2) is 0 Å². The van der Waals surface area contributed by atoms with E-state index in [0.717, 1.165) is 0 Å². The van der Waals surface area contributed by atoms with Crippen molar-refractivity contribution in [2.45, 2.75) is 24.1 Å². The van der Waals surface area contributed by atoms with Crippen molar-refractivity contribution in [3.8, 4) is 0 Å². The molecule has 2 heteroatoms. The van der Waals surface area contributed by atoms with Gasteiger partial charge in [-0.05, 0) is 0 Å². The van der Waals surface area contributed by atoms with E-state index in [-0.39, 0.29) is 24.0 Å². The van der Waals surface area contributed by atoms with Crippen molar-refractivity contribution in [3.63, 3.8) is 0 Å². The van der Waals surface area contributed by atoms with Gasteiger partial charge in [-0.3, -0.25) is 0 Å². The Morgan fingerprint density at radius 3 is 1.61 bits per heavy atom. The molecule has 0 nitrogen and oxygen atoms in total. The van der Waals surface area contributed by atoms with Gasteiger partial charge in [-0.2, -0.15) is 0 Å². The third-order valence-corrected chi connectivity index (χ3v) is 10.3. The van der Waals surface area contributed by atoms with Crippen molar-refractivity contribution in [2.24, 2.45) is 0 Å². The summed E-state index contributed by atoms with van der Waals surface area (Å²) >= 11 is -1.45. The van der Waals surface area contributed by atoms with Gasteiger partial charge in [0.15, 0.2) is 0 Å². The van der Waals surface area contributed by atoms with Crippen molar-refractivity contribution in [1.82, 2.24) is 0 Å². The first-order chi connectivity index (χ1) is 8.42. The van der Waals surface area contributed by atoms with Gasteiger partial charge in [-0.15, -0.1) is 24.0 Å². The molecule has 0 aliphatic rings. The average Bonchev–Trinajstić information content (AvgIpc) is 2.42. The molecule has 0 aliphatic carbocycles. The molecule has 2 aromatic carbocycles. The van der Waals surface area contributed by atoms with E-state index in [2.05, 4.69) is 67.6 Å². The molecule has 0 aliphatic heterocycles. The Labute approximate surface area is 135 Å². The van der Waals surface area contributed by atoms with Crippen LogP contribution in [0, 0.1) is 0 Å². The average molecular weight is 461 g/mol. The number of benzene rings is 2. The molecule has 0 fully saturated rings. The van der Waals surface area contributed by atoms with Crippen LogP contribution < -0.4 is 7.02 Å². The van der Waals surface area contributed by atoms with Crippen molar-refractivity contribution in [1.29, 1.82) is 0 Å². The van der Waals surface area contributed by atoms with E-state index < -0.39 is 20.2 Å². The molecule has 0 spiro atoms. The summed E-state index contributed by atoms with van der Waals surface area (Å²) in [5.41, 5.74) is 0. The van der Waals surface area contributed by atoms with Gasteiger partial charge in [0, 0.05) is 0 Å². The number of hydrogen-bond donors (Lipinski definition) is 0. The molecule has 0 saturated heterocycles. The minimum absolute atomic E-state index is 0. The van der Waals surface area contributed by atoms with Crippen molar-refractivity contribution in [2.75, 3.05) is 0 Å². The fourth-order valence-corrected chi connectivity index (χ4v) is 9.11. The fraction of sp³-hybridized carbons (Fsp3) is 0.250. The maximum absolute atomic E-state index is 2.32. The largest absolute Gasteiger partial charge is 0.107 e. The van der Waals surface area contributed by atoms with Crippen LogP contribution in [-0.2, 0) is 0 Å². The third-order valence-electron chi connectivity index (χ3n) is 2.87. The Morgan fingerprint density at radius 1 is 0.778 bits per heavy atom. The van der Waals surface area contributed by atoms with Crippen LogP contribution in [0.5, 0.6) is 0 Å². The maximum atomic E-state index is 2.32. The topological polar surface area (TPSA) is 0 Å². The molecule has 0 saturated carbocycles. The van der Waals surface area contributed by atoms with Gasteiger partial charge in [0.25, 0.3) is 0 Å². The number of halogens is 1. The molecule has 0 heterocycles. The van der Waals surface area contributed by atoms with Gasteiger partial charge in [0.2, 0.25) is 0 Å². The Bertz CT molecular complexity index is 388. The Kier molecular flexibility index (Phi) is 8.01. The normalized spacial score (nSPS) is 10.1. The molecule has 0 unspecified atom stereocenters. The Morgan fingerprint density at radius 2 is 1.22 bits per heavy atom. The second-order valence-electron chi connectivity index (χ2n) is 4.18. The van der Waals surface area contributed by atoms with Gasteiger partial charge >= 0.3 is 112 Å². The van der Waals surface area contributed by atoms with Crippen LogP contribution in [0.25, 0.3) is 0 Å². The first-order valence-electron chi connectivity index (χ1n) is 6.29. The molecule has 18 heavy (non-hydrogen) atoms. The van der Waals surface area contributed by atoms with E-state index in [9.17, 15) is 0 Å². The molecular weight excluding hydrogens is 441 g/mol. The Balaban J connectivity index is 0.00000162. The van der Waals surface area contributed by atoms with Crippen molar-refractivity contribution in [3.05, 3.63) is 60.7 Å². The number of unbranched alkanes of at least 4 members (excludes halogenated alkanes) is 1. The van der Waals surface area contributed by atoms with Gasteiger partial charge in [0.05, 0.1) is 0 Å². The van der Waals surface area contributed by atoms with Crippen LogP contribution in [0.1, 0.15) is 19.8 Å². The molecule has 0 N–H and O–H groups in total. The van der Waals surface area contributed by atoms with Gasteiger partial charge in [0.1, 0.15) is 0 Å². The zero-order valence-corrected chi connectivity index (χ0v) is 15.6. The smallest absolute Gasteiger partial charge is 0.107 e. The quantitative estimate of drug-likeness (QED) is 0.471. The zero-order chi connectivity index (χ0) is 11.9. The second-order valence-corrected chi connectivity index (χ2v) is 10.8. The fourth-order valence-electron chi connectivity index (χ4n) is 1.94. The molecule has 2 aromatic rings. The van der Waals surface area contributed by atoms with E-state index in [1.54, 1.807) is 7.02 Å². The summed E-state index contributed by atoms with van der Waals surface area (Å²) in [6.45, 7) is 2.29. The second kappa shape index (κ2) is 8.98. The van der Waals surface area contributed by atoms with Gasteiger partial charge in [-0.1, -0.05) is 0 Å². The molecule has 2 rings (SSSR count). The SMILES string of the molecule is CCC[CH2][Sb]([c]1ccccc1)[c]1ccccc1.I. The van der Waals surface area contributed by atoms with Crippen LogP contribution in [0.3, 0.4) is 0 Å². The summed E-state index contributed by atoms with van der Waals surface area (Å²) in [4.78, 5) is 0. The molecule has 0 amide bonds. The van der Waals surface area contributed by atoms with E-state index in [4.69, 9.17) is 0 Å². The standard InChI is InChI=1S/2C6H5.C4H9.HI.Sb/c2*1-2-4-6-5-3-1;1-3-4-2;;/h2*1-5H;1,3-4H2,2H3;1H;. The minimum Gasteiger partial charge on any atom is -0.107 e. The predicted octanol–water partition coefficient (Wildman–Crippen LogP) is 3.71. The molecule has 96 valence electrons. The minimum atomic E-state index is -1.45. The molecule has 0 bridgehead atoms. The summed E-state index contributed by atoms with van der Waals surface area (Å²) in [5.74, 6) is 0. The summed E-state index contributed by atoms with van der Waals surface area (Å²) < 4.78 is 4.66. The number of hydrogen-bond acceptors (Lipinski definition) is 0. The van der Waals surface area contributed by atoms with Crippen LogP contribution >= 0.6 is 24.0 Å². The summed E-state index contributed by atoms with van der Waals surface area (Å²) in [6, 6.07) is 22.3. The van der Waals surface area contributed by atoms with Crippen LogP contribution in [0.4, 0.5) is 0 Å². The van der Waals surface area contributed by atoms with Crippen LogP contribution in [-0.4, -0.2) is 20.2 Å². The summed E-state index contributed by atoms with van der Waals surface area (Å²) in [6.07, 6.45) is 2.67. The zero-order valence-electron chi connectivity index (χ0n) is 10.8. The van der Waals surface area contributed by atoms with Crippen molar-refractivity contribution >= 4 is 51.2 Å². The molecule has 0 radical (unpaired) electrons. The first kappa shape index (κ1) is 16.0. The van der Waals surface area contributed by atoms with E-state index >= 15 is 0 Å². The van der Waals surface area contributed by atoms with E-state index in [1.165, 1.54) is 17.2 Å². The Hall–Kier alpha value is -0.0118. The maximum Gasteiger partial charge on any atom is -0.107 e. The molecule has 0 aromatic heterocycles. The van der Waals surface area contributed by atoms with Crippen LogP contribution in [0.2, 0.25) is 4.37 Å². The van der Waals surface area contributed by atoms with Crippen LogP contribution in [0.15, 0.2) is 60.7 Å².